The minimum atomic E-state index is -4.79. The van der Waals surface area contributed by atoms with Crippen molar-refractivity contribution in [3.63, 3.8) is 0 Å². The third-order valence-electron chi connectivity index (χ3n) is 5.40. The van der Waals surface area contributed by atoms with Gasteiger partial charge in [-0.1, -0.05) is 6.07 Å². The molecule has 4 rings (SSSR count). The number of fused-ring (bicyclic) bond motifs is 1. The average Bonchev–Trinajstić information content (AvgIpc) is 2.99. The topological polar surface area (TPSA) is 49.3 Å². The molecule has 1 amide bonds. The molecule has 2 aromatic heterocycles. The summed E-state index contributed by atoms with van der Waals surface area (Å²) in [5.74, 6) is -2.09. The summed E-state index contributed by atoms with van der Waals surface area (Å²) in [7, 11) is 0. The van der Waals surface area contributed by atoms with Gasteiger partial charge >= 0.3 is 6.18 Å². The predicted octanol–water partition coefficient (Wildman–Crippen LogP) is 4.70. The molecule has 0 atom stereocenters. The number of hydrogen-bond donors (Lipinski definition) is 0. The minimum Gasteiger partial charge on any atom is -0.337 e. The highest BCUT2D eigenvalue weighted by molar-refractivity contribution is 5.98. The molecule has 0 spiro atoms. The van der Waals surface area contributed by atoms with Crippen molar-refractivity contribution in [3.8, 4) is 0 Å². The SMILES string of the molecule is Cl.O=C(c1cc2cnccc2nc1C(F)(F)F)N1CCCN(Cc2ccc(F)cc2F)CC1. The highest BCUT2D eigenvalue weighted by atomic mass is 35.5. The molecule has 3 aromatic rings. The number of rotatable bonds is 3. The van der Waals surface area contributed by atoms with Gasteiger partial charge in [-0.15, -0.1) is 12.4 Å². The lowest BCUT2D eigenvalue weighted by molar-refractivity contribution is -0.141. The van der Waals surface area contributed by atoms with Gasteiger partial charge in [0.25, 0.3) is 5.91 Å². The zero-order valence-corrected chi connectivity index (χ0v) is 18.1. The molecule has 1 aliphatic heterocycles. The molecule has 0 saturated carbocycles. The molecule has 0 radical (unpaired) electrons. The van der Waals surface area contributed by atoms with E-state index in [9.17, 15) is 26.7 Å². The van der Waals surface area contributed by atoms with Crippen LogP contribution in [-0.4, -0.2) is 51.9 Å². The van der Waals surface area contributed by atoms with E-state index >= 15 is 0 Å². The van der Waals surface area contributed by atoms with Crippen molar-refractivity contribution in [3.05, 3.63) is 71.2 Å². The van der Waals surface area contributed by atoms with E-state index in [1.165, 1.54) is 41.6 Å². The van der Waals surface area contributed by atoms with Gasteiger partial charge in [-0.2, -0.15) is 13.2 Å². The number of benzene rings is 1. The fraction of sp³-hybridized carbons (Fsp3) is 0.318. The van der Waals surface area contributed by atoms with Crippen LogP contribution in [0.1, 0.15) is 28.0 Å². The summed E-state index contributed by atoms with van der Waals surface area (Å²) in [6.07, 6.45) is -1.59. The molecular weight excluding hydrogens is 467 g/mol. The standard InChI is InChI=1S/C22H19F5N4O.ClH/c23-16-3-2-14(18(24)11-16)13-30-6-1-7-31(9-8-30)21(32)17-10-15-12-28-5-4-19(15)29-20(17)22(25,26)27;/h2-5,10-12H,1,6-9,13H2;1H. The van der Waals surface area contributed by atoms with Crippen molar-refractivity contribution in [2.45, 2.75) is 19.1 Å². The number of pyridine rings is 2. The van der Waals surface area contributed by atoms with Crippen LogP contribution in [0.3, 0.4) is 0 Å². The van der Waals surface area contributed by atoms with Crippen molar-refractivity contribution in [2.24, 2.45) is 0 Å². The van der Waals surface area contributed by atoms with Crippen LogP contribution in [0.25, 0.3) is 10.9 Å². The lowest BCUT2D eigenvalue weighted by Crippen LogP contribution is -2.36. The van der Waals surface area contributed by atoms with Crippen molar-refractivity contribution in [1.82, 2.24) is 19.8 Å². The molecular formula is C22H20ClF5N4O. The molecule has 0 aliphatic carbocycles. The van der Waals surface area contributed by atoms with Crippen molar-refractivity contribution in [1.29, 1.82) is 0 Å². The van der Waals surface area contributed by atoms with E-state index in [1.54, 1.807) is 0 Å². The summed E-state index contributed by atoms with van der Waals surface area (Å²) in [6.45, 7) is 1.50. The van der Waals surface area contributed by atoms with Gasteiger partial charge in [-0.25, -0.2) is 13.8 Å². The van der Waals surface area contributed by atoms with Crippen molar-refractivity contribution >= 4 is 29.2 Å². The Kier molecular flexibility index (Phi) is 7.48. The van der Waals surface area contributed by atoms with E-state index in [0.29, 0.717) is 30.5 Å². The molecule has 33 heavy (non-hydrogen) atoms. The second kappa shape index (κ2) is 9.96. The molecule has 176 valence electrons. The molecule has 11 heteroatoms. The van der Waals surface area contributed by atoms with E-state index in [1.807, 2.05) is 4.90 Å². The van der Waals surface area contributed by atoms with Crippen LogP contribution in [0.15, 0.2) is 42.7 Å². The second-order valence-electron chi connectivity index (χ2n) is 7.61. The van der Waals surface area contributed by atoms with Crippen molar-refractivity contribution < 1.29 is 26.7 Å². The summed E-state index contributed by atoms with van der Waals surface area (Å²) in [5.41, 5.74) is -1.32. The van der Waals surface area contributed by atoms with Gasteiger partial charge in [0.15, 0.2) is 5.69 Å². The third kappa shape index (κ3) is 5.56. The van der Waals surface area contributed by atoms with Gasteiger partial charge in [-0.05, 0) is 24.6 Å². The Morgan fingerprint density at radius 1 is 1.03 bits per heavy atom. The number of alkyl halides is 3. The molecule has 1 fully saturated rings. The number of carbonyl (C=O) groups excluding carboxylic acids is 1. The normalized spacial score (nSPS) is 15.2. The van der Waals surface area contributed by atoms with Gasteiger partial charge in [-0.3, -0.25) is 14.7 Å². The fourth-order valence-corrected chi connectivity index (χ4v) is 3.79. The lowest BCUT2D eigenvalue weighted by atomic mass is 10.1. The van der Waals surface area contributed by atoms with Gasteiger partial charge in [0.05, 0.1) is 11.1 Å². The summed E-state index contributed by atoms with van der Waals surface area (Å²) in [5, 5.41) is 0.340. The van der Waals surface area contributed by atoms with Gasteiger partial charge < -0.3 is 4.90 Å². The highest BCUT2D eigenvalue weighted by Gasteiger charge is 2.39. The first-order valence-electron chi connectivity index (χ1n) is 10.00. The van der Waals surface area contributed by atoms with Gasteiger partial charge in [0, 0.05) is 62.1 Å². The summed E-state index contributed by atoms with van der Waals surface area (Å²) in [4.78, 5) is 23.9. The maximum absolute atomic E-state index is 14.0. The number of amides is 1. The van der Waals surface area contributed by atoms with E-state index in [4.69, 9.17) is 0 Å². The Hall–Kier alpha value is -2.85. The van der Waals surface area contributed by atoms with Crippen LogP contribution in [0.2, 0.25) is 0 Å². The Balaban J connectivity index is 0.00000306. The molecule has 1 aromatic carbocycles. The molecule has 1 saturated heterocycles. The first-order valence-corrected chi connectivity index (χ1v) is 10.00. The molecule has 0 bridgehead atoms. The quantitative estimate of drug-likeness (QED) is 0.504. The fourth-order valence-electron chi connectivity index (χ4n) is 3.79. The molecule has 3 heterocycles. The monoisotopic (exact) mass is 486 g/mol. The number of nitrogens with zero attached hydrogens (tertiary/aromatic N) is 4. The van der Waals surface area contributed by atoms with Gasteiger partial charge in [0.2, 0.25) is 0 Å². The first kappa shape index (κ1) is 24.8. The van der Waals surface area contributed by atoms with Gasteiger partial charge in [0.1, 0.15) is 11.6 Å². The average molecular weight is 487 g/mol. The third-order valence-corrected chi connectivity index (χ3v) is 5.40. The van der Waals surface area contributed by atoms with Crippen LogP contribution in [0.4, 0.5) is 22.0 Å². The van der Waals surface area contributed by atoms with Crippen LogP contribution in [0, 0.1) is 11.6 Å². The zero-order chi connectivity index (χ0) is 22.9. The first-order chi connectivity index (χ1) is 15.2. The highest BCUT2D eigenvalue weighted by Crippen LogP contribution is 2.33. The molecule has 0 N–H and O–H groups in total. The number of aromatic nitrogens is 2. The van der Waals surface area contributed by atoms with Crippen LogP contribution in [-0.2, 0) is 12.7 Å². The number of hydrogen-bond acceptors (Lipinski definition) is 4. The second-order valence-corrected chi connectivity index (χ2v) is 7.61. The summed E-state index contributed by atoms with van der Waals surface area (Å²) in [6, 6.07) is 5.88. The van der Waals surface area contributed by atoms with Crippen molar-refractivity contribution in [2.75, 3.05) is 26.2 Å². The van der Waals surface area contributed by atoms with E-state index < -0.39 is 35.0 Å². The Morgan fingerprint density at radius 2 is 1.82 bits per heavy atom. The van der Waals surface area contributed by atoms with Crippen LogP contribution >= 0.6 is 12.4 Å². The predicted molar refractivity (Wildman–Crippen MR) is 114 cm³/mol. The van der Waals surface area contributed by atoms with Crippen LogP contribution in [0.5, 0.6) is 0 Å². The Bertz CT molecular complexity index is 1160. The van der Waals surface area contributed by atoms with E-state index in [-0.39, 0.29) is 37.6 Å². The molecule has 1 aliphatic rings. The van der Waals surface area contributed by atoms with E-state index in [0.717, 1.165) is 6.07 Å². The smallest absolute Gasteiger partial charge is 0.337 e. The molecule has 5 nitrogen and oxygen atoms in total. The largest absolute Gasteiger partial charge is 0.434 e. The summed E-state index contributed by atoms with van der Waals surface area (Å²) < 4.78 is 68.0. The maximum Gasteiger partial charge on any atom is 0.434 e. The summed E-state index contributed by atoms with van der Waals surface area (Å²) >= 11 is 0. The lowest BCUT2D eigenvalue weighted by Gasteiger charge is -2.23. The zero-order valence-electron chi connectivity index (χ0n) is 17.3. The molecule has 0 unspecified atom stereocenters. The van der Waals surface area contributed by atoms with E-state index in [2.05, 4.69) is 9.97 Å². The maximum atomic E-state index is 14.0. The number of carbonyl (C=O) groups is 1. The Labute approximate surface area is 192 Å². The minimum absolute atomic E-state index is 0. The Morgan fingerprint density at radius 3 is 2.55 bits per heavy atom. The number of halogens is 6. The van der Waals surface area contributed by atoms with Crippen LogP contribution < -0.4 is 0 Å².